The Morgan fingerprint density at radius 2 is 1.90 bits per heavy atom. The molecule has 1 aromatic rings. The summed E-state index contributed by atoms with van der Waals surface area (Å²) >= 11 is 0. The van der Waals surface area contributed by atoms with E-state index < -0.39 is 0 Å². The largest absolute Gasteiger partial charge is 0.382 e. The molecule has 1 saturated carbocycles. The van der Waals surface area contributed by atoms with Crippen LogP contribution < -0.4 is 11.1 Å². The molecule has 1 saturated heterocycles. The van der Waals surface area contributed by atoms with Crippen molar-refractivity contribution < 1.29 is 0 Å². The third-order valence-corrected chi connectivity index (χ3v) is 4.68. The molecule has 3 heteroatoms. The first-order chi connectivity index (χ1) is 9.81. The van der Waals surface area contributed by atoms with Gasteiger partial charge in [0.25, 0.3) is 0 Å². The summed E-state index contributed by atoms with van der Waals surface area (Å²) in [6, 6.07) is 9.72. The summed E-state index contributed by atoms with van der Waals surface area (Å²) in [6.07, 6.45) is 7.52. The maximum atomic E-state index is 6.10. The van der Waals surface area contributed by atoms with E-state index in [0.29, 0.717) is 12.1 Å². The maximum Gasteiger partial charge on any atom is 0.0388 e. The first kappa shape index (κ1) is 13.9. The highest BCUT2D eigenvalue weighted by molar-refractivity contribution is 5.51. The topological polar surface area (TPSA) is 41.3 Å². The Balaban J connectivity index is 1.65. The van der Waals surface area contributed by atoms with Crippen molar-refractivity contribution in [1.82, 2.24) is 4.90 Å². The molecule has 0 radical (unpaired) electrons. The SMILES string of the molecule is NC1CCCC(Nc2ccccc2CN2CCCC2)C1. The number of nitrogens with two attached hydrogens (primary N) is 1. The lowest BCUT2D eigenvalue weighted by molar-refractivity contribution is 0.331. The van der Waals surface area contributed by atoms with Crippen LogP contribution in [-0.2, 0) is 6.54 Å². The number of para-hydroxylation sites is 1. The van der Waals surface area contributed by atoms with Crippen molar-refractivity contribution >= 4 is 5.69 Å². The second-order valence-electron chi connectivity index (χ2n) is 6.41. The molecule has 3 nitrogen and oxygen atoms in total. The number of anilines is 1. The zero-order valence-electron chi connectivity index (χ0n) is 12.4. The second kappa shape index (κ2) is 6.59. The van der Waals surface area contributed by atoms with Gasteiger partial charge in [0, 0.05) is 24.3 Å². The number of nitrogens with zero attached hydrogens (tertiary/aromatic N) is 1. The normalized spacial score (nSPS) is 27.6. The Morgan fingerprint density at radius 1 is 1.10 bits per heavy atom. The molecule has 110 valence electrons. The third-order valence-electron chi connectivity index (χ3n) is 4.68. The summed E-state index contributed by atoms with van der Waals surface area (Å²) in [5, 5.41) is 3.75. The van der Waals surface area contributed by atoms with E-state index in [1.54, 1.807) is 0 Å². The van der Waals surface area contributed by atoms with Gasteiger partial charge in [-0.25, -0.2) is 0 Å². The fourth-order valence-corrected chi connectivity index (χ4v) is 3.56. The number of benzene rings is 1. The summed E-state index contributed by atoms with van der Waals surface area (Å²) < 4.78 is 0. The second-order valence-corrected chi connectivity index (χ2v) is 6.41. The number of rotatable bonds is 4. The molecule has 0 amide bonds. The van der Waals surface area contributed by atoms with Crippen LogP contribution in [0.5, 0.6) is 0 Å². The van der Waals surface area contributed by atoms with Gasteiger partial charge in [-0.15, -0.1) is 0 Å². The Kier molecular flexibility index (Phi) is 4.58. The standard InChI is InChI=1S/C17H27N3/c18-15-7-5-8-16(12-15)19-17-9-2-1-6-14(17)13-20-10-3-4-11-20/h1-2,6,9,15-16,19H,3-5,7-8,10-13,18H2. The van der Waals surface area contributed by atoms with E-state index in [1.807, 2.05) is 0 Å². The van der Waals surface area contributed by atoms with Gasteiger partial charge in [0.2, 0.25) is 0 Å². The van der Waals surface area contributed by atoms with Crippen molar-refractivity contribution in [1.29, 1.82) is 0 Å². The van der Waals surface area contributed by atoms with Crippen molar-refractivity contribution in [2.45, 2.75) is 57.2 Å². The van der Waals surface area contributed by atoms with Gasteiger partial charge in [0.1, 0.15) is 0 Å². The van der Waals surface area contributed by atoms with Crippen molar-refractivity contribution in [3.63, 3.8) is 0 Å². The lowest BCUT2D eigenvalue weighted by atomic mass is 9.91. The fourth-order valence-electron chi connectivity index (χ4n) is 3.56. The summed E-state index contributed by atoms with van der Waals surface area (Å²) in [7, 11) is 0. The summed E-state index contributed by atoms with van der Waals surface area (Å²) in [4.78, 5) is 2.56. The van der Waals surface area contributed by atoms with Gasteiger partial charge in [0.05, 0.1) is 0 Å². The van der Waals surface area contributed by atoms with Crippen LogP contribution in [0.15, 0.2) is 24.3 Å². The molecule has 2 atom stereocenters. The Morgan fingerprint density at radius 3 is 2.70 bits per heavy atom. The number of hydrogen-bond acceptors (Lipinski definition) is 3. The first-order valence-electron chi connectivity index (χ1n) is 8.13. The van der Waals surface area contributed by atoms with E-state index in [2.05, 4.69) is 34.5 Å². The van der Waals surface area contributed by atoms with E-state index >= 15 is 0 Å². The quantitative estimate of drug-likeness (QED) is 0.886. The molecule has 1 aliphatic carbocycles. The van der Waals surface area contributed by atoms with Gasteiger partial charge in [0.15, 0.2) is 0 Å². The lowest BCUT2D eigenvalue weighted by Gasteiger charge is -2.29. The predicted octanol–water partition coefficient (Wildman–Crippen LogP) is 2.96. The van der Waals surface area contributed by atoms with Gasteiger partial charge >= 0.3 is 0 Å². The van der Waals surface area contributed by atoms with Crippen LogP contribution in [0.4, 0.5) is 5.69 Å². The minimum atomic E-state index is 0.381. The first-order valence-corrected chi connectivity index (χ1v) is 8.13. The molecule has 0 spiro atoms. The molecule has 0 bridgehead atoms. The molecule has 3 N–H and O–H groups in total. The van der Waals surface area contributed by atoms with Crippen molar-refractivity contribution in [3.05, 3.63) is 29.8 Å². The smallest absolute Gasteiger partial charge is 0.0388 e. The van der Waals surface area contributed by atoms with Gasteiger partial charge in [-0.1, -0.05) is 18.2 Å². The van der Waals surface area contributed by atoms with Gasteiger partial charge < -0.3 is 11.1 Å². The highest BCUT2D eigenvalue weighted by Crippen LogP contribution is 2.25. The van der Waals surface area contributed by atoms with E-state index in [-0.39, 0.29) is 0 Å². The van der Waals surface area contributed by atoms with Gasteiger partial charge in [-0.3, -0.25) is 4.90 Å². The molecule has 1 aromatic carbocycles. The van der Waals surface area contributed by atoms with E-state index in [4.69, 9.17) is 5.73 Å². The third kappa shape index (κ3) is 3.53. The van der Waals surface area contributed by atoms with E-state index in [1.165, 1.54) is 56.4 Å². The molecular formula is C17H27N3. The molecule has 1 aliphatic heterocycles. The van der Waals surface area contributed by atoms with Crippen molar-refractivity contribution in [2.75, 3.05) is 18.4 Å². The number of likely N-dealkylation sites (tertiary alicyclic amines) is 1. The van der Waals surface area contributed by atoms with E-state index in [0.717, 1.165) is 13.0 Å². The Bertz CT molecular complexity index is 426. The Hall–Kier alpha value is -1.06. The summed E-state index contributed by atoms with van der Waals surface area (Å²) in [6.45, 7) is 3.59. The average molecular weight is 273 g/mol. The van der Waals surface area contributed by atoms with Crippen LogP contribution in [0.1, 0.15) is 44.1 Å². The average Bonchev–Trinajstić information content (AvgIpc) is 2.94. The zero-order valence-corrected chi connectivity index (χ0v) is 12.4. The Labute approximate surface area is 122 Å². The number of hydrogen-bond donors (Lipinski definition) is 2. The zero-order chi connectivity index (χ0) is 13.8. The van der Waals surface area contributed by atoms with Crippen LogP contribution >= 0.6 is 0 Å². The van der Waals surface area contributed by atoms with Crippen LogP contribution in [0.3, 0.4) is 0 Å². The number of nitrogens with one attached hydrogen (secondary N) is 1. The molecular weight excluding hydrogens is 246 g/mol. The van der Waals surface area contributed by atoms with Crippen LogP contribution in [0.2, 0.25) is 0 Å². The minimum absolute atomic E-state index is 0.381. The van der Waals surface area contributed by atoms with Crippen molar-refractivity contribution in [3.8, 4) is 0 Å². The van der Waals surface area contributed by atoms with Gasteiger partial charge in [-0.2, -0.15) is 0 Å². The molecule has 2 fully saturated rings. The predicted molar refractivity (Wildman–Crippen MR) is 84.8 cm³/mol. The fraction of sp³-hybridized carbons (Fsp3) is 0.647. The molecule has 1 heterocycles. The summed E-state index contributed by atoms with van der Waals surface area (Å²) in [5.74, 6) is 0. The molecule has 2 unspecified atom stereocenters. The van der Waals surface area contributed by atoms with Crippen molar-refractivity contribution in [2.24, 2.45) is 5.73 Å². The lowest BCUT2D eigenvalue weighted by Crippen LogP contribution is -2.35. The van der Waals surface area contributed by atoms with E-state index in [9.17, 15) is 0 Å². The molecule has 2 aliphatic rings. The minimum Gasteiger partial charge on any atom is -0.382 e. The van der Waals surface area contributed by atoms with Crippen LogP contribution in [-0.4, -0.2) is 30.1 Å². The molecule has 3 rings (SSSR count). The van der Waals surface area contributed by atoms with Crippen LogP contribution in [0.25, 0.3) is 0 Å². The monoisotopic (exact) mass is 273 g/mol. The van der Waals surface area contributed by atoms with Crippen LogP contribution in [0, 0.1) is 0 Å². The highest BCUT2D eigenvalue weighted by Gasteiger charge is 2.20. The maximum absolute atomic E-state index is 6.10. The highest BCUT2D eigenvalue weighted by atomic mass is 15.1. The van der Waals surface area contributed by atoms with Gasteiger partial charge in [-0.05, 0) is 63.2 Å². The molecule has 0 aromatic heterocycles. The molecule has 20 heavy (non-hydrogen) atoms. The summed E-state index contributed by atoms with van der Waals surface area (Å²) in [5.41, 5.74) is 8.86.